The zero-order valence-corrected chi connectivity index (χ0v) is 26.1. The van der Waals surface area contributed by atoms with Crippen molar-refractivity contribution in [2.75, 3.05) is 31.5 Å². The third-order valence-corrected chi connectivity index (χ3v) is 8.13. The van der Waals surface area contributed by atoms with E-state index in [9.17, 15) is 0 Å². The summed E-state index contributed by atoms with van der Waals surface area (Å²) in [6.07, 6.45) is 0. The fraction of sp³-hybridized carbons (Fsp3) is 0.194. The molecule has 1 atom stereocenters. The highest BCUT2D eigenvalue weighted by atomic mass is 16.5. The molecule has 0 saturated heterocycles. The number of rotatable bonds is 6. The molecule has 0 saturated carbocycles. The van der Waals surface area contributed by atoms with E-state index in [-0.39, 0.29) is 6.04 Å². The van der Waals surface area contributed by atoms with E-state index >= 15 is 0 Å². The van der Waals surface area contributed by atoms with Gasteiger partial charge in [-0.15, -0.1) is 0 Å². The molecule has 7 rings (SSSR count). The Morgan fingerprint density at radius 3 is 2.07 bits per heavy atom. The van der Waals surface area contributed by atoms with E-state index < -0.39 is 0 Å². The fourth-order valence-electron chi connectivity index (χ4n) is 6.31. The number of nitrogens with zero attached hydrogens (tertiary/aromatic N) is 5. The number of benzene rings is 4. The van der Waals surface area contributed by atoms with Crippen LogP contribution in [0.5, 0.6) is 17.2 Å². The summed E-state index contributed by atoms with van der Waals surface area (Å²) in [7, 11) is 4.88. The molecule has 2 aliphatic heterocycles. The molecule has 0 bridgehead atoms. The average molecular weight is 599 g/mol. The molecular formula is C36H34N6O3. The summed E-state index contributed by atoms with van der Waals surface area (Å²) in [4.78, 5) is 12.7. The minimum absolute atomic E-state index is 0.355. The molecule has 5 aromatic rings. The molecular weight excluding hydrogens is 564 g/mol. The van der Waals surface area contributed by atoms with Gasteiger partial charge in [0.05, 0.1) is 50.1 Å². The second-order valence-electron chi connectivity index (χ2n) is 11.2. The summed E-state index contributed by atoms with van der Waals surface area (Å²) in [5.74, 6) is 3.72. The fourth-order valence-corrected chi connectivity index (χ4v) is 6.31. The summed E-state index contributed by atoms with van der Waals surface area (Å²) in [6, 6.07) is 28.2. The van der Waals surface area contributed by atoms with E-state index in [1.54, 1.807) is 21.3 Å². The van der Waals surface area contributed by atoms with Crippen molar-refractivity contribution in [3.63, 3.8) is 0 Å². The molecule has 2 aliphatic rings. The number of aryl methyl sites for hydroxylation is 3. The molecule has 3 heterocycles. The van der Waals surface area contributed by atoms with E-state index in [2.05, 4.69) is 48.3 Å². The predicted octanol–water partition coefficient (Wildman–Crippen LogP) is 7.62. The number of ether oxygens (including phenoxy) is 3. The van der Waals surface area contributed by atoms with Gasteiger partial charge in [-0.25, -0.2) is 14.7 Å². The largest absolute Gasteiger partial charge is 0.493 e. The van der Waals surface area contributed by atoms with Crippen molar-refractivity contribution >= 4 is 34.6 Å². The first kappa shape index (κ1) is 28.2. The Hall–Kier alpha value is -5.57. The lowest BCUT2D eigenvalue weighted by molar-refractivity contribution is 0.323. The standard InChI is InChI=1S/C36H34N6O3/c1-21-16-22(2)18-25(17-21)37-34-36-39-35-31(23(3)40-42(35)26-12-8-7-9-13-26)32(41(36)28-15-11-10-14-27(28)38-34)24-19-29(43-4)33(45-6)30(20-24)44-5/h7-20,32H,1-6H3,(H,37,38)/t32-/m0/s1. The molecule has 0 unspecified atom stereocenters. The third-order valence-electron chi connectivity index (χ3n) is 8.13. The molecule has 226 valence electrons. The number of hydrogen-bond donors (Lipinski definition) is 1. The number of aliphatic imine (C=N–C) groups is 2. The SMILES string of the molecule is COc1cc([C@H]2c3c(C)nn(-c4ccccc4)c3N=C3C(Nc4cc(C)cc(C)c4)=Nc4ccccc4N32)cc(OC)c1OC. The molecule has 0 radical (unpaired) electrons. The van der Waals surface area contributed by atoms with Crippen LogP contribution in [-0.2, 0) is 0 Å². The number of nitrogens with one attached hydrogen (secondary N) is 1. The second-order valence-corrected chi connectivity index (χ2v) is 11.2. The predicted molar refractivity (Wildman–Crippen MR) is 179 cm³/mol. The van der Waals surface area contributed by atoms with Crippen molar-refractivity contribution in [2.45, 2.75) is 26.8 Å². The quantitative estimate of drug-likeness (QED) is 0.216. The molecule has 1 N–H and O–H groups in total. The van der Waals surface area contributed by atoms with Crippen molar-refractivity contribution in [2.24, 2.45) is 9.98 Å². The van der Waals surface area contributed by atoms with E-state index in [1.165, 1.54) is 0 Å². The van der Waals surface area contributed by atoms with E-state index in [0.29, 0.717) is 28.9 Å². The second kappa shape index (κ2) is 11.2. The zero-order chi connectivity index (χ0) is 31.2. The van der Waals surface area contributed by atoms with Crippen LogP contribution in [0.25, 0.3) is 5.69 Å². The number of hydrogen-bond acceptors (Lipinski definition) is 8. The smallest absolute Gasteiger partial charge is 0.203 e. The van der Waals surface area contributed by atoms with E-state index in [1.807, 2.05) is 72.3 Å². The number of methoxy groups -OCH3 is 3. The van der Waals surface area contributed by atoms with Gasteiger partial charge in [-0.1, -0.05) is 36.4 Å². The minimum atomic E-state index is -0.355. The van der Waals surface area contributed by atoms with E-state index in [4.69, 9.17) is 29.3 Å². The van der Waals surface area contributed by atoms with Gasteiger partial charge in [0.15, 0.2) is 29.0 Å². The number of fused-ring (bicyclic) bond motifs is 4. The Kier molecular flexibility index (Phi) is 7.00. The Labute approximate surface area is 262 Å². The van der Waals surface area contributed by atoms with Gasteiger partial charge < -0.3 is 24.4 Å². The molecule has 45 heavy (non-hydrogen) atoms. The maximum Gasteiger partial charge on any atom is 0.203 e. The molecule has 1 aromatic heterocycles. The number of anilines is 2. The van der Waals surface area contributed by atoms with Gasteiger partial charge >= 0.3 is 0 Å². The molecule has 9 nitrogen and oxygen atoms in total. The number of para-hydroxylation sites is 3. The van der Waals surface area contributed by atoms with Crippen molar-refractivity contribution in [3.8, 4) is 22.9 Å². The van der Waals surface area contributed by atoms with Crippen molar-refractivity contribution in [3.05, 3.63) is 113 Å². The van der Waals surface area contributed by atoms with Crippen LogP contribution in [0.4, 0.5) is 22.9 Å². The summed E-state index contributed by atoms with van der Waals surface area (Å²) < 4.78 is 19.2. The number of aromatic nitrogens is 2. The Morgan fingerprint density at radius 2 is 1.40 bits per heavy atom. The molecule has 4 aromatic carbocycles. The lowest BCUT2D eigenvalue weighted by atomic mass is 9.92. The number of amidine groups is 2. The molecule has 0 amide bonds. The van der Waals surface area contributed by atoms with Gasteiger partial charge in [0.2, 0.25) is 5.75 Å². The summed E-state index contributed by atoms with van der Waals surface area (Å²) in [5.41, 5.74) is 8.70. The van der Waals surface area contributed by atoms with Crippen LogP contribution in [0.15, 0.2) is 94.9 Å². The average Bonchev–Trinajstić information content (AvgIpc) is 3.38. The van der Waals surface area contributed by atoms with Gasteiger partial charge in [0.1, 0.15) is 0 Å². The van der Waals surface area contributed by atoms with Gasteiger partial charge in [-0.2, -0.15) is 5.10 Å². The van der Waals surface area contributed by atoms with Gasteiger partial charge in [-0.3, -0.25) is 0 Å². The monoisotopic (exact) mass is 598 g/mol. The molecule has 0 fully saturated rings. The third kappa shape index (κ3) is 4.77. The van der Waals surface area contributed by atoms with Gasteiger partial charge in [-0.05, 0) is 86.0 Å². The highest BCUT2D eigenvalue weighted by molar-refractivity contribution is 6.51. The van der Waals surface area contributed by atoms with Crippen molar-refractivity contribution in [1.29, 1.82) is 0 Å². The Bertz CT molecular complexity index is 1950. The Morgan fingerprint density at radius 1 is 0.733 bits per heavy atom. The summed E-state index contributed by atoms with van der Waals surface area (Å²) >= 11 is 0. The van der Waals surface area contributed by atoms with E-state index in [0.717, 1.165) is 56.5 Å². The lowest BCUT2D eigenvalue weighted by Gasteiger charge is -2.40. The highest BCUT2D eigenvalue weighted by Crippen LogP contribution is 2.50. The van der Waals surface area contributed by atoms with Gasteiger partial charge in [0, 0.05) is 11.3 Å². The van der Waals surface area contributed by atoms with Crippen molar-refractivity contribution < 1.29 is 14.2 Å². The van der Waals surface area contributed by atoms with Gasteiger partial charge in [0.25, 0.3) is 0 Å². The molecule has 0 spiro atoms. The van der Waals surface area contributed by atoms with Crippen LogP contribution in [-0.4, -0.2) is 42.8 Å². The van der Waals surface area contributed by atoms with Crippen LogP contribution in [0.2, 0.25) is 0 Å². The van der Waals surface area contributed by atoms with Crippen LogP contribution in [0.3, 0.4) is 0 Å². The van der Waals surface area contributed by atoms with Crippen LogP contribution in [0, 0.1) is 20.8 Å². The summed E-state index contributed by atoms with van der Waals surface area (Å²) in [6.45, 7) is 6.21. The summed E-state index contributed by atoms with van der Waals surface area (Å²) in [5, 5.41) is 8.65. The first-order chi connectivity index (χ1) is 21.9. The van der Waals surface area contributed by atoms with Crippen molar-refractivity contribution in [1.82, 2.24) is 9.78 Å². The normalized spacial score (nSPS) is 14.9. The van der Waals surface area contributed by atoms with Crippen LogP contribution < -0.4 is 24.4 Å². The molecule has 9 heteroatoms. The minimum Gasteiger partial charge on any atom is -0.493 e. The molecule has 0 aliphatic carbocycles. The Balaban J connectivity index is 1.52. The maximum atomic E-state index is 5.82. The zero-order valence-electron chi connectivity index (χ0n) is 26.1. The van der Waals surface area contributed by atoms with Crippen LogP contribution >= 0.6 is 0 Å². The topological polar surface area (TPSA) is 85.5 Å². The van der Waals surface area contributed by atoms with Crippen LogP contribution in [0.1, 0.15) is 34.0 Å². The first-order valence-electron chi connectivity index (χ1n) is 14.8. The highest BCUT2D eigenvalue weighted by Gasteiger charge is 2.42. The maximum absolute atomic E-state index is 5.82. The lowest BCUT2D eigenvalue weighted by Crippen LogP contribution is -2.46. The first-order valence-corrected chi connectivity index (χ1v) is 14.8.